The molecule has 56 valence electrons. The highest BCUT2D eigenvalue weighted by Gasteiger charge is 2.18. The monoisotopic (exact) mass is 140 g/mol. The van der Waals surface area contributed by atoms with E-state index >= 15 is 0 Å². The highest BCUT2D eigenvalue weighted by Crippen LogP contribution is 2.12. The molecular formula is C8H12O2. The third-order valence-electron chi connectivity index (χ3n) is 0.948. The van der Waals surface area contributed by atoms with Crippen LogP contribution < -0.4 is 0 Å². The minimum absolute atomic E-state index is 0.291. The number of esters is 1. The quantitative estimate of drug-likeness (QED) is 0.427. The van der Waals surface area contributed by atoms with Crippen LogP contribution in [0.25, 0.3) is 0 Å². The molecule has 0 fully saturated rings. The molecule has 0 aliphatic carbocycles. The Hall–Kier alpha value is -0.970. The lowest BCUT2D eigenvalue weighted by Gasteiger charge is -2.21. The second kappa shape index (κ2) is 3.26. The van der Waals surface area contributed by atoms with Crippen molar-refractivity contribution >= 4 is 5.97 Å². The lowest BCUT2D eigenvalue weighted by atomic mass is 10.1. The zero-order chi connectivity index (χ0) is 8.20. The molecule has 0 aliphatic rings. The highest BCUT2D eigenvalue weighted by molar-refractivity contribution is 5.66. The van der Waals surface area contributed by atoms with Crippen LogP contribution in [0.15, 0.2) is 0 Å². The summed E-state index contributed by atoms with van der Waals surface area (Å²) >= 11 is 0. The van der Waals surface area contributed by atoms with Gasteiger partial charge in [-0.3, -0.25) is 4.79 Å². The van der Waals surface area contributed by atoms with Crippen LogP contribution in [0.5, 0.6) is 0 Å². The predicted molar refractivity (Wildman–Crippen MR) is 39.3 cm³/mol. The standard InChI is InChI=1S/C8H12O2/c1-5-6-8(3,4)10-7(2)9/h1H,6H2,2-4H3. The van der Waals surface area contributed by atoms with Crippen LogP contribution in [-0.4, -0.2) is 11.6 Å². The maximum atomic E-state index is 10.4. The summed E-state index contributed by atoms with van der Waals surface area (Å²) in [7, 11) is 0. The van der Waals surface area contributed by atoms with Crippen molar-refractivity contribution in [2.45, 2.75) is 32.8 Å². The van der Waals surface area contributed by atoms with Crippen LogP contribution in [0, 0.1) is 12.3 Å². The fourth-order valence-electron chi connectivity index (χ4n) is 0.671. The maximum absolute atomic E-state index is 10.4. The van der Waals surface area contributed by atoms with E-state index in [1.165, 1.54) is 6.92 Å². The first-order valence-corrected chi connectivity index (χ1v) is 3.11. The molecule has 0 bridgehead atoms. The summed E-state index contributed by atoms with van der Waals surface area (Å²) in [5.74, 6) is 2.14. The van der Waals surface area contributed by atoms with E-state index in [2.05, 4.69) is 5.92 Å². The lowest BCUT2D eigenvalue weighted by molar-refractivity contribution is -0.153. The highest BCUT2D eigenvalue weighted by atomic mass is 16.6. The number of carbonyl (C=O) groups is 1. The molecule has 0 aromatic rings. The molecule has 0 saturated carbocycles. The fourth-order valence-corrected chi connectivity index (χ4v) is 0.671. The van der Waals surface area contributed by atoms with E-state index < -0.39 is 5.60 Å². The van der Waals surface area contributed by atoms with Gasteiger partial charge in [-0.1, -0.05) is 0 Å². The van der Waals surface area contributed by atoms with Gasteiger partial charge in [0.2, 0.25) is 0 Å². The Morgan fingerprint density at radius 1 is 1.70 bits per heavy atom. The predicted octanol–water partition coefficient (Wildman–Crippen LogP) is 1.35. The fraction of sp³-hybridized carbons (Fsp3) is 0.625. The van der Waals surface area contributed by atoms with Crippen molar-refractivity contribution in [1.29, 1.82) is 0 Å². The number of hydrogen-bond donors (Lipinski definition) is 0. The molecule has 0 atom stereocenters. The molecule has 10 heavy (non-hydrogen) atoms. The average molecular weight is 140 g/mol. The maximum Gasteiger partial charge on any atom is 0.303 e. The van der Waals surface area contributed by atoms with Gasteiger partial charge in [0.15, 0.2) is 0 Å². The molecule has 2 heteroatoms. The second-order valence-corrected chi connectivity index (χ2v) is 2.73. The number of rotatable bonds is 2. The first kappa shape index (κ1) is 9.03. The smallest absolute Gasteiger partial charge is 0.303 e. The first-order chi connectivity index (χ1) is 4.48. The second-order valence-electron chi connectivity index (χ2n) is 2.73. The van der Waals surface area contributed by atoms with Gasteiger partial charge < -0.3 is 4.74 Å². The third-order valence-corrected chi connectivity index (χ3v) is 0.948. The molecule has 0 aromatic heterocycles. The van der Waals surface area contributed by atoms with Crippen molar-refractivity contribution in [3.05, 3.63) is 0 Å². The van der Waals surface area contributed by atoms with Gasteiger partial charge in [0.1, 0.15) is 5.60 Å². The van der Waals surface area contributed by atoms with Crippen LogP contribution in [0.1, 0.15) is 27.2 Å². The Morgan fingerprint density at radius 2 is 2.20 bits per heavy atom. The van der Waals surface area contributed by atoms with Crippen molar-refractivity contribution in [3.8, 4) is 12.3 Å². The Labute approximate surface area is 61.6 Å². The van der Waals surface area contributed by atoms with E-state index in [-0.39, 0.29) is 5.97 Å². The van der Waals surface area contributed by atoms with Gasteiger partial charge >= 0.3 is 5.97 Å². The molecule has 2 nitrogen and oxygen atoms in total. The largest absolute Gasteiger partial charge is 0.459 e. The lowest BCUT2D eigenvalue weighted by Crippen LogP contribution is -2.25. The molecule has 0 spiro atoms. The van der Waals surface area contributed by atoms with Gasteiger partial charge in [-0.15, -0.1) is 12.3 Å². The van der Waals surface area contributed by atoms with Crippen LogP contribution in [0.3, 0.4) is 0 Å². The van der Waals surface area contributed by atoms with Crippen LogP contribution in [-0.2, 0) is 9.53 Å². The summed E-state index contributed by atoms with van der Waals surface area (Å²) in [6.45, 7) is 4.95. The normalized spacial score (nSPS) is 10.2. The summed E-state index contributed by atoms with van der Waals surface area (Å²) in [5, 5.41) is 0. The molecule has 0 aromatic carbocycles. The van der Waals surface area contributed by atoms with E-state index in [1.807, 2.05) is 0 Å². The van der Waals surface area contributed by atoms with E-state index in [0.717, 1.165) is 0 Å². The Kier molecular flexibility index (Phi) is 2.95. The van der Waals surface area contributed by atoms with Crippen LogP contribution >= 0.6 is 0 Å². The first-order valence-electron chi connectivity index (χ1n) is 3.11. The Bertz CT molecular complexity index is 163. The summed E-state index contributed by atoms with van der Waals surface area (Å²) in [6.07, 6.45) is 5.50. The summed E-state index contributed by atoms with van der Waals surface area (Å²) in [6, 6.07) is 0. The molecule has 0 radical (unpaired) electrons. The summed E-state index contributed by atoms with van der Waals surface area (Å²) in [4.78, 5) is 10.4. The SMILES string of the molecule is C#CCC(C)(C)OC(C)=O. The van der Waals surface area contributed by atoms with E-state index in [4.69, 9.17) is 11.2 Å². The Morgan fingerprint density at radius 3 is 2.50 bits per heavy atom. The van der Waals surface area contributed by atoms with Gasteiger partial charge in [-0.05, 0) is 13.8 Å². The van der Waals surface area contributed by atoms with Crippen molar-refractivity contribution in [2.75, 3.05) is 0 Å². The van der Waals surface area contributed by atoms with Crippen molar-refractivity contribution < 1.29 is 9.53 Å². The van der Waals surface area contributed by atoms with Crippen molar-refractivity contribution in [3.63, 3.8) is 0 Å². The topological polar surface area (TPSA) is 26.3 Å². The van der Waals surface area contributed by atoms with Gasteiger partial charge in [0.25, 0.3) is 0 Å². The van der Waals surface area contributed by atoms with Crippen LogP contribution in [0.4, 0.5) is 0 Å². The molecule has 0 amide bonds. The number of hydrogen-bond acceptors (Lipinski definition) is 2. The summed E-state index contributed by atoms with van der Waals surface area (Å²) in [5.41, 5.74) is -0.513. The number of terminal acetylenes is 1. The molecule has 0 rings (SSSR count). The van der Waals surface area contributed by atoms with Crippen LogP contribution in [0.2, 0.25) is 0 Å². The van der Waals surface area contributed by atoms with E-state index in [0.29, 0.717) is 6.42 Å². The molecule has 0 unspecified atom stereocenters. The molecule has 0 aliphatic heterocycles. The van der Waals surface area contributed by atoms with Gasteiger partial charge in [-0.2, -0.15) is 0 Å². The number of carbonyl (C=O) groups excluding carboxylic acids is 1. The molecule has 0 saturated heterocycles. The third kappa shape index (κ3) is 3.96. The molecule has 0 heterocycles. The van der Waals surface area contributed by atoms with Gasteiger partial charge in [0, 0.05) is 13.3 Å². The average Bonchev–Trinajstić information content (AvgIpc) is 1.59. The minimum atomic E-state index is -0.513. The van der Waals surface area contributed by atoms with Crippen molar-refractivity contribution in [1.82, 2.24) is 0 Å². The van der Waals surface area contributed by atoms with Gasteiger partial charge in [0.05, 0.1) is 0 Å². The summed E-state index contributed by atoms with van der Waals surface area (Å²) < 4.78 is 4.90. The van der Waals surface area contributed by atoms with E-state index in [9.17, 15) is 4.79 Å². The zero-order valence-electron chi connectivity index (χ0n) is 6.60. The Balaban J connectivity index is 3.89. The zero-order valence-corrected chi connectivity index (χ0v) is 6.60. The van der Waals surface area contributed by atoms with Crippen molar-refractivity contribution in [2.24, 2.45) is 0 Å². The van der Waals surface area contributed by atoms with Gasteiger partial charge in [-0.25, -0.2) is 0 Å². The van der Waals surface area contributed by atoms with E-state index in [1.54, 1.807) is 13.8 Å². The minimum Gasteiger partial charge on any atom is -0.459 e. The molecular weight excluding hydrogens is 128 g/mol. The molecule has 0 N–H and O–H groups in total. The number of ether oxygens (including phenoxy) is 1.